The van der Waals surface area contributed by atoms with Gasteiger partial charge in [0.25, 0.3) is 0 Å². The van der Waals surface area contributed by atoms with Gasteiger partial charge in [0, 0.05) is 11.3 Å². The maximum atomic E-state index is 14.7. The fraction of sp³-hybridized carbons (Fsp3) is 0.429. The standard InChI is InChI=1S/C21H6F24N2/c22-14(23,24)5-3(1-2-4(46)6(5)15(25,26)27)13(20(40,41)42,21(43,44)45)7-8(16(28,29)30)10(18(34,35)36)12(47)11(19(37,38)39)9(7)17(31,32)33/h1-2H,46-47H2. The molecule has 268 valence electrons. The van der Waals surface area contributed by atoms with Crippen molar-refractivity contribution < 1.29 is 105 Å². The molecule has 0 aliphatic carbocycles. The molecule has 0 amide bonds. The SMILES string of the molecule is Nc1ccc(C(c2c(C(F)(F)F)c(C(F)(F)F)c(N)c(C(F)(F)F)c2C(F)(F)F)(C(F)(F)F)C(F)(F)F)c(C(F)(F)F)c1C(F)(F)F. The maximum absolute atomic E-state index is 14.7. The van der Waals surface area contributed by atoms with Crippen molar-refractivity contribution in [3.05, 3.63) is 56.6 Å². The lowest BCUT2D eigenvalue weighted by molar-refractivity contribution is -0.292. The summed E-state index contributed by atoms with van der Waals surface area (Å²) in [6.07, 6.45) is -61.5. The molecular weight excluding hydrogens is 736 g/mol. The van der Waals surface area contributed by atoms with Gasteiger partial charge in [-0.2, -0.15) is 105 Å². The van der Waals surface area contributed by atoms with Crippen LogP contribution in [-0.4, -0.2) is 12.4 Å². The first-order valence-electron chi connectivity index (χ1n) is 10.8. The second kappa shape index (κ2) is 10.7. The number of hydrogen-bond acceptors (Lipinski definition) is 2. The molecule has 0 heterocycles. The number of rotatable bonds is 2. The zero-order chi connectivity index (χ0) is 37.7. The van der Waals surface area contributed by atoms with E-state index in [2.05, 4.69) is 11.5 Å². The molecule has 4 N–H and O–H groups in total. The fourth-order valence-electron chi connectivity index (χ4n) is 4.72. The van der Waals surface area contributed by atoms with Crippen molar-refractivity contribution in [1.29, 1.82) is 0 Å². The van der Waals surface area contributed by atoms with E-state index in [4.69, 9.17) is 0 Å². The summed E-state index contributed by atoms with van der Waals surface area (Å²) < 4.78 is 339. The molecule has 47 heavy (non-hydrogen) atoms. The molecule has 0 radical (unpaired) electrons. The molecule has 0 unspecified atom stereocenters. The molecule has 0 aliphatic rings. The normalized spacial score (nSPS) is 15.0. The second-order valence-electron chi connectivity index (χ2n) is 8.97. The third-order valence-electron chi connectivity index (χ3n) is 6.11. The van der Waals surface area contributed by atoms with Crippen molar-refractivity contribution in [2.24, 2.45) is 0 Å². The van der Waals surface area contributed by atoms with Gasteiger partial charge in [-0.25, -0.2) is 0 Å². The Kier molecular flexibility index (Phi) is 8.99. The van der Waals surface area contributed by atoms with Crippen molar-refractivity contribution >= 4 is 11.4 Å². The molecular formula is C21H6F24N2. The number of benzene rings is 2. The van der Waals surface area contributed by atoms with Gasteiger partial charge >= 0.3 is 49.4 Å². The Morgan fingerprint density at radius 2 is 0.596 bits per heavy atom. The highest BCUT2D eigenvalue weighted by Crippen LogP contribution is 2.66. The Balaban J connectivity index is 4.00. The summed E-state index contributed by atoms with van der Waals surface area (Å²) >= 11 is 0. The third-order valence-corrected chi connectivity index (χ3v) is 6.11. The van der Waals surface area contributed by atoms with Crippen LogP contribution in [0.5, 0.6) is 0 Å². The summed E-state index contributed by atoms with van der Waals surface area (Å²) in [5.74, 6) is 0. The second-order valence-corrected chi connectivity index (χ2v) is 8.97. The molecule has 0 fully saturated rings. The van der Waals surface area contributed by atoms with Gasteiger partial charge in [-0.05, 0) is 11.6 Å². The molecule has 26 heteroatoms. The Morgan fingerprint density at radius 3 is 0.830 bits per heavy atom. The highest BCUT2D eigenvalue weighted by atomic mass is 19.4. The molecule has 2 rings (SSSR count). The summed E-state index contributed by atoms with van der Waals surface area (Å²) in [6, 6.07) is -2.54. The fourth-order valence-corrected chi connectivity index (χ4v) is 4.72. The first kappa shape index (κ1) is 39.5. The minimum atomic E-state index is -8.44. The van der Waals surface area contributed by atoms with Crippen molar-refractivity contribution in [3.63, 3.8) is 0 Å². The van der Waals surface area contributed by atoms with Gasteiger partial charge in [0.05, 0.1) is 39.1 Å². The van der Waals surface area contributed by atoms with Crippen LogP contribution in [0.4, 0.5) is 117 Å². The molecule has 2 aromatic carbocycles. The van der Waals surface area contributed by atoms with E-state index in [0.717, 1.165) is 0 Å². The van der Waals surface area contributed by atoms with Crippen LogP contribution in [0.1, 0.15) is 44.5 Å². The summed E-state index contributed by atoms with van der Waals surface area (Å²) in [6.45, 7) is 0. The molecule has 2 nitrogen and oxygen atoms in total. The molecule has 0 saturated carbocycles. The zero-order valence-corrected chi connectivity index (χ0v) is 20.9. The minimum absolute atomic E-state index is 1.01. The summed E-state index contributed by atoms with van der Waals surface area (Å²) in [4.78, 5) is 0. The molecule has 0 atom stereocenters. The molecule has 0 bridgehead atoms. The number of nitrogen functional groups attached to an aromatic ring is 2. The lowest BCUT2D eigenvalue weighted by Gasteiger charge is -2.43. The Hall–Kier alpha value is -3.64. The zero-order valence-electron chi connectivity index (χ0n) is 20.9. The predicted molar refractivity (Wildman–Crippen MR) is 105 cm³/mol. The van der Waals surface area contributed by atoms with Crippen molar-refractivity contribution in [2.75, 3.05) is 11.5 Å². The number of nitrogens with two attached hydrogens (primary N) is 2. The average molecular weight is 742 g/mol. The lowest BCUT2D eigenvalue weighted by atomic mass is 9.65. The van der Waals surface area contributed by atoms with E-state index in [-0.39, 0.29) is 0 Å². The first-order valence-corrected chi connectivity index (χ1v) is 10.8. The van der Waals surface area contributed by atoms with Gasteiger partial charge in [-0.15, -0.1) is 0 Å². The number of halogens is 24. The average Bonchev–Trinajstić information content (AvgIpc) is 2.73. The van der Waals surface area contributed by atoms with Crippen LogP contribution in [0.25, 0.3) is 0 Å². The maximum Gasteiger partial charge on any atom is 0.419 e. The molecule has 2 aromatic rings. The van der Waals surface area contributed by atoms with Gasteiger partial charge in [-0.3, -0.25) is 0 Å². The molecule has 0 aliphatic heterocycles. The molecule has 0 aromatic heterocycles. The van der Waals surface area contributed by atoms with Crippen molar-refractivity contribution in [1.82, 2.24) is 0 Å². The number of alkyl halides is 24. The van der Waals surface area contributed by atoms with E-state index in [1.165, 1.54) is 0 Å². The van der Waals surface area contributed by atoms with Gasteiger partial charge in [-0.1, -0.05) is 6.07 Å². The van der Waals surface area contributed by atoms with Crippen molar-refractivity contribution in [2.45, 2.75) is 54.8 Å². The van der Waals surface area contributed by atoms with Crippen LogP contribution < -0.4 is 11.5 Å². The monoisotopic (exact) mass is 742 g/mol. The van der Waals surface area contributed by atoms with Gasteiger partial charge in [0.1, 0.15) is 0 Å². The quantitative estimate of drug-likeness (QED) is 0.238. The van der Waals surface area contributed by atoms with Crippen LogP contribution in [0.15, 0.2) is 12.1 Å². The van der Waals surface area contributed by atoms with E-state index < -0.39 is 123 Å². The van der Waals surface area contributed by atoms with Crippen LogP contribution in [-0.2, 0) is 42.5 Å². The Bertz CT molecular complexity index is 1450. The number of anilines is 2. The van der Waals surface area contributed by atoms with E-state index in [1.54, 1.807) is 0 Å². The van der Waals surface area contributed by atoms with Crippen LogP contribution >= 0.6 is 0 Å². The summed E-state index contributed by atoms with van der Waals surface area (Å²) in [7, 11) is 0. The molecule has 0 saturated heterocycles. The van der Waals surface area contributed by atoms with E-state index in [0.29, 0.717) is 0 Å². The smallest absolute Gasteiger partial charge is 0.398 e. The largest absolute Gasteiger partial charge is 0.419 e. The van der Waals surface area contributed by atoms with Crippen LogP contribution in [0.3, 0.4) is 0 Å². The predicted octanol–water partition coefficient (Wildman–Crippen LogP) is 10.4. The number of hydrogen-bond donors (Lipinski definition) is 2. The van der Waals surface area contributed by atoms with Gasteiger partial charge in [0.2, 0.25) is 5.41 Å². The summed E-state index contributed by atoms with van der Waals surface area (Å²) in [5, 5.41) is 0. The first-order chi connectivity index (χ1) is 20.3. The highest BCUT2D eigenvalue weighted by molar-refractivity contribution is 5.72. The summed E-state index contributed by atoms with van der Waals surface area (Å²) in [5.41, 5.74) is -42.8. The topological polar surface area (TPSA) is 52.0 Å². The third kappa shape index (κ3) is 6.46. The highest BCUT2D eigenvalue weighted by Gasteiger charge is 2.78. The lowest BCUT2D eigenvalue weighted by Crippen LogP contribution is -2.58. The van der Waals surface area contributed by atoms with E-state index in [1.807, 2.05) is 0 Å². The van der Waals surface area contributed by atoms with E-state index in [9.17, 15) is 105 Å². The van der Waals surface area contributed by atoms with Gasteiger partial charge < -0.3 is 11.5 Å². The minimum Gasteiger partial charge on any atom is -0.398 e. The Morgan fingerprint density at radius 1 is 0.319 bits per heavy atom. The van der Waals surface area contributed by atoms with Crippen molar-refractivity contribution in [3.8, 4) is 0 Å². The molecule has 0 spiro atoms. The van der Waals surface area contributed by atoms with E-state index >= 15 is 0 Å². The van der Waals surface area contributed by atoms with Crippen LogP contribution in [0.2, 0.25) is 0 Å². The van der Waals surface area contributed by atoms with Crippen LogP contribution in [0, 0.1) is 0 Å². The van der Waals surface area contributed by atoms with Gasteiger partial charge in [0.15, 0.2) is 0 Å². The Labute approximate surface area is 240 Å².